The van der Waals surface area contributed by atoms with E-state index in [0.29, 0.717) is 15.7 Å². The van der Waals surface area contributed by atoms with Crippen molar-refractivity contribution in [2.75, 3.05) is 0 Å². The molecule has 0 fully saturated rings. The number of rotatable bonds is 3. The fraction of sp³-hybridized carbons (Fsp3) is 0.125. The fourth-order valence-electron chi connectivity index (χ4n) is 1.93. The van der Waals surface area contributed by atoms with Gasteiger partial charge in [0.2, 0.25) is 0 Å². The molecule has 2 rings (SSSR count). The average Bonchev–Trinajstić information content (AvgIpc) is 2.88. The molecule has 0 aliphatic carbocycles. The van der Waals surface area contributed by atoms with E-state index in [9.17, 15) is 22.8 Å². The average molecular weight is 416 g/mol. The van der Waals surface area contributed by atoms with Gasteiger partial charge in [-0.15, -0.1) is 0 Å². The molecular formula is C16H13BrF3N3O2. The number of aromatic nitrogens is 1. The number of halogens is 4. The van der Waals surface area contributed by atoms with Crippen LogP contribution < -0.4 is 10.9 Å². The zero-order valence-corrected chi connectivity index (χ0v) is 14.5. The van der Waals surface area contributed by atoms with E-state index < -0.39 is 23.6 Å². The number of hydrogen-bond donors (Lipinski definition) is 2. The van der Waals surface area contributed by atoms with E-state index in [1.165, 1.54) is 18.2 Å². The molecule has 2 aromatic rings. The van der Waals surface area contributed by atoms with E-state index in [1.807, 2.05) is 0 Å². The van der Waals surface area contributed by atoms with Crippen molar-refractivity contribution in [1.82, 2.24) is 15.4 Å². The van der Waals surface area contributed by atoms with E-state index in [4.69, 9.17) is 0 Å². The van der Waals surface area contributed by atoms with Gasteiger partial charge in [0.15, 0.2) is 0 Å². The van der Waals surface area contributed by atoms with E-state index in [0.717, 1.165) is 18.2 Å². The second-order valence-electron chi connectivity index (χ2n) is 5.05. The first-order chi connectivity index (χ1) is 11.7. The zero-order valence-electron chi connectivity index (χ0n) is 12.9. The predicted octanol–water partition coefficient (Wildman–Crippen LogP) is 3.28. The van der Waals surface area contributed by atoms with Crippen molar-refractivity contribution >= 4 is 33.8 Å². The Balaban J connectivity index is 1.90. The molecular weight excluding hydrogens is 403 g/mol. The molecule has 2 N–H and O–H groups in total. The third-order valence-corrected chi connectivity index (χ3v) is 3.60. The SMILES string of the molecule is Cn1cc(Br)cc1C(=O)NNC(=O)/C=C/c1ccc(C(F)(F)F)cc1. The third kappa shape index (κ3) is 5.21. The molecule has 0 saturated carbocycles. The first-order valence-corrected chi connectivity index (χ1v) is 7.73. The number of nitrogens with one attached hydrogen (secondary N) is 2. The zero-order chi connectivity index (χ0) is 18.6. The van der Waals surface area contributed by atoms with Gasteiger partial charge in [0.25, 0.3) is 11.8 Å². The largest absolute Gasteiger partial charge is 0.416 e. The molecule has 0 bridgehead atoms. The first-order valence-electron chi connectivity index (χ1n) is 6.94. The van der Waals surface area contributed by atoms with Crippen LogP contribution in [-0.2, 0) is 18.0 Å². The van der Waals surface area contributed by atoms with Gasteiger partial charge >= 0.3 is 6.18 Å². The van der Waals surface area contributed by atoms with Crippen LogP contribution in [0.3, 0.4) is 0 Å². The summed E-state index contributed by atoms with van der Waals surface area (Å²) in [7, 11) is 1.67. The Morgan fingerprint density at radius 3 is 2.32 bits per heavy atom. The lowest BCUT2D eigenvalue weighted by Gasteiger charge is -2.06. The Kier molecular flexibility index (Phi) is 5.68. The van der Waals surface area contributed by atoms with Crippen LogP contribution in [0.4, 0.5) is 13.2 Å². The summed E-state index contributed by atoms with van der Waals surface area (Å²) in [6, 6.07) is 5.91. The van der Waals surface area contributed by atoms with Gasteiger partial charge in [-0.25, -0.2) is 0 Å². The molecule has 0 unspecified atom stereocenters. The van der Waals surface area contributed by atoms with Gasteiger partial charge in [0.05, 0.1) is 5.56 Å². The van der Waals surface area contributed by atoms with Crippen LogP contribution in [0.25, 0.3) is 6.08 Å². The van der Waals surface area contributed by atoms with Crippen LogP contribution in [0.5, 0.6) is 0 Å². The molecule has 0 aliphatic heterocycles. The summed E-state index contributed by atoms with van der Waals surface area (Å²) in [5.41, 5.74) is 4.41. The molecule has 0 atom stereocenters. The minimum Gasteiger partial charge on any atom is -0.345 e. The highest BCUT2D eigenvalue weighted by atomic mass is 79.9. The maximum absolute atomic E-state index is 12.5. The van der Waals surface area contributed by atoms with E-state index in [1.54, 1.807) is 23.9 Å². The number of benzene rings is 1. The van der Waals surface area contributed by atoms with Gasteiger partial charge in [-0.3, -0.25) is 20.4 Å². The summed E-state index contributed by atoms with van der Waals surface area (Å²) in [5.74, 6) is -1.13. The highest BCUT2D eigenvalue weighted by molar-refractivity contribution is 9.10. The normalized spacial score (nSPS) is 11.6. The molecule has 1 aromatic carbocycles. The molecule has 1 heterocycles. The Morgan fingerprint density at radius 1 is 1.16 bits per heavy atom. The van der Waals surface area contributed by atoms with Crippen LogP contribution in [-0.4, -0.2) is 16.4 Å². The van der Waals surface area contributed by atoms with Gasteiger partial charge in [0.1, 0.15) is 5.69 Å². The number of hydrazine groups is 1. The van der Waals surface area contributed by atoms with Gasteiger partial charge in [-0.2, -0.15) is 13.2 Å². The van der Waals surface area contributed by atoms with Crippen LogP contribution >= 0.6 is 15.9 Å². The topological polar surface area (TPSA) is 63.1 Å². The number of amides is 2. The second kappa shape index (κ2) is 7.56. The molecule has 25 heavy (non-hydrogen) atoms. The number of alkyl halides is 3. The summed E-state index contributed by atoms with van der Waals surface area (Å²) in [5, 5.41) is 0. The van der Waals surface area contributed by atoms with Crippen molar-refractivity contribution in [1.29, 1.82) is 0 Å². The summed E-state index contributed by atoms with van der Waals surface area (Å²) < 4.78 is 39.6. The Labute approximate surface area is 149 Å². The van der Waals surface area contributed by atoms with Crippen LogP contribution in [0.2, 0.25) is 0 Å². The Morgan fingerprint density at radius 2 is 1.80 bits per heavy atom. The molecule has 0 spiro atoms. The van der Waals surface area contributed by atoms with E-state index >= 15 is 0 Å². The van der Waals surface area contributed by atoms with Crippen molar-refractivity contribution in [3.8, 4) is 0 Å². The summed E-state index contributed by atoms with van der Waals surface area (Å²) in [6.45, 7) is 0. The van der Waals surface area contributed by atoms with Gasteiger partial charge in [0, 0.05) is 23.8 Å². The number of aryl methyl sites for hydroxylation is 1. The van der Waals surface area contributed by atoms with Crippen molar-refractivity contribution in [2.45, 2.75) is 6.18 Å². The highest BCUT2D eigenvalue weighted by Gasteiger charge is 2.29. The highest BCUT2D eigenvalue weighted by Crippen LogP contribution is 2.29. The minimum absolute atomic E-state index is 0.332. The molecule has 9 heteroatoms. The minimum atomic E-state index is -4.41. The molecule has 0 aliphatic rings. The van der Waals surface area contributed by atoms with Gasteiger partial charge in [-0.05, 0) is 45.8 Å². The van der Waals surface area contributed by atoms with Crippen molar-refractivity contribution in [3.05, 3.63) is 63.9 Å². The Hall–Kier alpha value is -2.55. The summed E-state index contributed by atoms with van der Waals surface area (Å²) in [6.07, 6.45) is -0.290. The van der Waals surface area contributed by atoms with Crippen molar-refractivity contribution in [2.24, 2.45) is 7.05 Å². The molecule has 132 valence electrons. The molecule has 0 saturated heterocycles. The maximum atomic E-state index is 12.5. The number of carbonyl (C=O) groups excluding carboxylic acids is 2. The molecule has 5 nitrogen and oxygen atoms in total. The number of carbonyl (C=O) groups is 2. The lowest BCUT2D eigenvalue weighted by atomic mass is 10.1. The number of hydrogen-bond acceptors (Lipinski definition) is 2. The predicted molar refractivity (Wildman–Crippen MR) is 89.2 cm³/mol. The monoisotopic (exact) mass is 415 g/mol. The quantitative estimate of drug-likeness (QED) is 0.596. The summed E-state index contributed by atoms with van der Waals surface area (Å²) >= 11 is 3.23. The maximum Gasteiger partial charge on any atom is 0.416 e. The molecule has 2 amide bonds. The van der Waals surface area contributed by atoms with Crippen LogP contribution in [0, 0.1) is 0 Å². The lowest BCUT2D eigenvalue weighted by Crippen LogP contribution is -2.41. The van der Waals surface area contributed by atoms with Gasteiger partial charge < -0.3 is 4.57 Å². The Bertz CT molecular complexity index is 811. The standard InChI is InChI=1S/C16H13BrF3N3O2/c1-23-9-12(17)8-13(23)15(25)22-21-14(24)7-4-10-2-5-11(6-3-10)16(18,19)20/h2-9H,1H3,(H,21,24)(H,22,25)/b7-4+. The lowest BCUT2D eigenvalue weighted by molar-refractivity contribution is -0.137. The molecule has 1 aromatic heterocycles. The smallest absolute Gasteiger partial charge is 0.345 e. The van der Waals surface area contributed by atoms with Crippen molar-refractivity contribution < 1.29 is 22.8 Å². The first kappa shape index (κ1) is 18.8. The summed E-state index contributed by atoms with van der Waals surface area (Å²) in [4.78, 5) is 23.6. The van der Waals surface area contributed by atoms with E-state index in [-0.39, 0.29) is 0 Å². The van der Waals surface area contributed by atoms with Crippen LogP contribution in [0.1, 0.15) is 21.6 Å². The third-order valence-electron chi connectivity index (χ3n) is 3.17. The van der Waals surface area contributed by atoms with Crippen molar-refractivity contribution in [3.63, 3.8) is 0 Å². The second-order valence-corrected chi connectivity index (χ2v) is 5.97. The fourth-order valence-corrected chi connectivity index (χ4v) is 2.45. The van der Waals surface area contributed by atoms with Gasteiger partial charge in [-0.1, -0.05) is 12.1 Å². The van der Waals surface area contributed by atoms with E-state index in [2.05, 4.69) is 26.8 Å². The molecule has 0 radical (unpaired) electrons. The number of nitrogens with zero attached hydrogens (tertiary/aromatic N) is 1. The van der Waals surface area contributed by atoms with Crippen LogP contribution in [0.15, 0.2) is 47.1 Å².